The molecular formula is C48H50Bi2. The van der Waals surface area contributed by atoms with Crippen LogP contribution in [0.2, 0.25) is 0 Å². The van der Waals surface area contributed by atoms with Gasteiger partial charge in [0.05, 0.1) is 0 Å². The molecule has 0 radical (unpaired) electrons. The Balaban J connectivity index is 1.72. The first kappa shape index (κ1) is 36.9. The fourth-order valence-corrected chi connectivity index (χ4v) is 35.5. The van der Waals surface area contributed by atoms with E-state index in [1.54, 1.807) is 6.54 Å². The molecule has 252 valence electrons. The molecule has 0 spiro atoms. The molecule has 6 aromatic carbocycles. The zero-order valence-corrected chi connectivity index (χ0v) is 38.9. The average molecular weight is 1040 g/mol. The van der Waals surface area contributed by atoms with Crippen LogP contribution in [0.1, 0.15) is 66.8 Å². The summed E-state index contributed by atoms with van der Waals surface area (Å²) in [6.45, 7) is 27.5. The molecular weight excluding hydrogens is 994 g/mol. The maximum absolute atomic E-state index is 2.45. The third kappa shape index (κ3) is 7.23. The Hall–Kier alpha value is -2.91. The molecule has 0 aromatic heterocycles. The minimum atomic E-state index is -1.21. The van der Waals surface area contributed by atoms with E-state index < -0.39 is 35.6 Å². The van der Waals surface area contributed by atoms with Crippen LogP contribution in [0.3, 0.4) is 0 Å². The van der Waals surface area contributed by atoms with E-state index in [2.05, 4.69) is 168 Å². The molecule has 0 atom stereocenters. The van der Waals surface area contributed by atoms with Crippen LogP contribution in [-0.4, -0.2) is 35.6 Å². The summed E-state index contributed by atoms with van der Waals surface area (Å²) in [5.41, 5.74) is 28.3. The van der Waals surface area contributed by atoms with Gasteiger partial charge in [0.25, 0.3) is 0 Å². The Morgan fingerprint density at radius 3 is 0.640 bits per heavy atom. The molecule has 2 heteroatoms. The molecule has 0 aliphatic rings. The van der Waals surface area contributed by atoms with Crippen molar-refractivity contribution in [2.24, 2.45) is 0 Å². The third-order valence-electron chi connectivity index (χ3n) is 10.1. The van der Waals surface area contributed by atoms with Crippen molar-refractivity contribution in [1.29, 1.82) is 0 Å². The fraction of sp³-hybridized carbons (Fsp3) is 0.250. The zero-order chi connectivity index (χ0) is 36.0. The first-order valence-corrected chi connectivity index (χ1v) is 36.4. The van der Waals surface area contributed by atoms with Crippen LogP contribution in [0.5, 0.6) is 0 Å². The summed E-state index contributed by atoms with van der Waals surface area (Å²) in [6.07, 6.45) is 0. The number of rotatable bonds is 6. The summed E-state index contributed by atoms with van der Waals surface area (Å²) in [6, 6.07) is 33.5. The van der Waals surface area contributed by atoms with Crippen molar-refractivity contribution in [3.8, 4) is 44.5 Å². The van der Waals surface area contributed by atoms with Crippen LogP contribution in [0.25, 0.3) is 44.5 Å². The number of aryl methyl sites for hydroxylation is 12. The van der Waals surface area contributed by atoms with Gasteiger partial charge in [-0.15, -0.1) is 0 Å². The van der Waals surface area contributed by atoms with Crippen LogP contribution < -0.4 is 6.54 Å². The molecule has 0 saturated carbocycles. The summed E-state index contributed by atoms with van der Waals surface area (Å²) in [7, 11) is 0. The van der Waals surface area contributed by atoms with Crippen molar-refractivity contribution in [2.45, 2.75) is 83.1 Å². The predicted octanol–water partition coefficient (Wildman–Crippen LogP) is 11.3. The van der Waals surface area contributed by atoms with Crippen LogP contribution in [-0.2, 0) is 0 Å². The number of hydrogen-bond acceptors (Lipinski definition) is 0. The molecule has 6 aromatic rings. The van der Waals surface area contributed by atoms with Gasteiger partial charge in [-0.1, -0.05) is 0 Å². The van der Waals surface area contributed by atoms with Crippen molar-refractivity contribution in [1.82, 2.24) is 0 Å². The van der Waals surface area contributed by atoms with Gasteiger partial charge < -0.3 is 0 Å². The average Bonchev–Trinajstić information content (AvgIpc) is 2.99. The van der Waals surface area contributed by atoms with Crippen LogP contribution in [0.4, 0.5) is 0 Å². The molecule has 0 fully saturated rings. The second-order valence-corrected chi connectivity index (χ2v) is 33.4. The molecule has 0 amide bonds. The van der Waals surface area contributed by atoms with Crippen molar-refractivity contribution in [3.63, 3.8) is 0 Å². The molecule has 0 saturated heterocycles. The van der Waals surface area contributed by atoms with E-state index in [1.807, 2.05) is 0 Å². The van der Waals surface area contributed by atoms with Gasteiger partial charge in [-0.25, -0.2) is 0 Å². The van der Waals surface area contributed by atoms with E-state index in [0.29, 0.717) is 0 Å². The van der Waals surface area contributed by atoms with Gasteiger partial charge in [0, 0.05) is 0 Å². The van der Waals surface area contributed by atoms with Gasteiger partial charge in [-0.2, -0.15) is 0 Å². The van der Waals surface area contributed by atoms with Crippen LogP contribution in [0.15, 0.2) is 84.9 Å². The normalized spacial score (nSPS) is 11.5. The summed E-state index contributed by atoms with van der Waals surface area (Å²) < 4.78 is 3.40. The molecule has 0 bridgehead atoms. The van der Waals surface area contributed by atoms with Gasteiger partial charge in [0.2, 0.25) is 0 Å². The van der Waals surface area contributed by atoms with E-state index in [0.717, 1.165) is 0 Å². The number of benzene rings is 6. The van der Waals surface area contributed by atoms with Crippen molar-refractivity contribution in [3.05, 3.63) is 152 Å². The molecule has 0 aliphatic carbocycles. The Labute approximate surface area is 318 Å². The molecule has 0 aliphatic heterocycles. The van der Waals surface area contributed by atoms with Gasteiger partial charge in [-0.3, -0.25) is 0 Å². The van der Waals surface area contributed by atoms with Crippen molar-refractivity contribution < 1.29 is 0 Å². The summed E-state index contributed by atoms with van der Waals surface area (Å²) in [5, 5.41) is 0. The van der Waals surface area contributed by atoms with Crippen molar-refractivity contribution in [2.75, 3.05) is 0 Å². The van der Waals surface area contributed by atoms with E-state index in [4.69, 9.17) is 0 Å². The van der Waals surface area contributed by atoms with E-state index in [9.17, 15) is 0 Å². The van der Waals surface area contributed by atoms with E-state index in [-0.39, 0.29) is 0 Å². The van der Waals surface area contributed by atoms with Crippen LogP contribution in [0, 0.1) is 83.1 Å². The fourth-order valence-electron chi connectivity index (χ4n) is 8.63. The molecule has 50 heavy (non-hydrogen) atoms. The van der Waals surface area contributed by atoms with E-state index >= 15 is 0 Å². The SMILES string of the molecule is Cc1cc(C)c(-c2cccc(-c3c(C)cc(C)cc3C)[c]2[Bi]=[Bi][c]2c(-c3c(C)cc(C)cc3C)cccc2-c2c(C)cc(C)cc2C)c(C)c1. The third-order valence-corrected chi connectivity index (χ3v) is 32.9. The van der Waals surface area contributed by atoms with Crippen LogP contribution >= 0.6 is 0 Å². The molecule has 0 unspecified atom stereocenters. The summed E-state index contributed by atoms with van der Waals surface area (Å²) >= 11 is -2.42. The maximum atomic E-state index is 2.45. The topological polar surface area (TPSA) is 0 Å². The van der Waals surface area contributed by atoms with Gasteiger partial charge in [0.1, 0.15) is 0 Å². The van der Waals surface area contributed by atoms with Gasteiger partial charge in [0.15, 0.2) is 0 Å². The predicted molar refractivity (Wildman–Crippen MR) is 222 cm³/mol. The molecule has 0 heterocycles. The van der Waals surface area contributed by atoms with E-state index in [1.165, 1.54) is 111 Å². The first-order valence-electron chi connectivity index (χ1n) is 17.8. The Morgan fingerprint density at radius 1 is 0.280 bits per heavy atom. The Morgan fingerprint density at radius 2 is 0.460 bits per heavy atom. The van der Waals surface area contributed by atoms with Crippen molar-refractivity contribution >= 4 is 42.1 Å². The summed E-state index contributed by atoms with van der Waals surface area (Å²) in [4.78, 5) is 0. The monoisotopic (exact) mass is 1040 g/mol. The Kier molecular flexibility index (Phi) is 11.0. The second-order valence-electron chi connectivity index (χ2n) is 14.7. The molecule has 0 nitrogen and oxygen atoms in total. The first-order chi connectivity index (χ1) is 23.7. The van der Waals surface area contributed by atoms with Gasteiger partial charge in [-0.05, 0) is 0 Å². The zero-order valence-electron chi connectivity index (χ0n) is 32.0. The Bertz CT molecular complexity index is 1920. The second kappa shape index (κ2) is 15.0. The minimum absolute atomic E-state index is 1.21. The summed E-state index contributed by atoms with van der Waals surface area (Å²) in [5.74, 6) is 0. The number of hydrogen-bond donors (Lipinski definition) is 0. The molecule has 6 rings (SSSR count). The van der Waals surface area contributed by atoms with Gasteiger partial charge >= 0.3 is 321 Å². The molecule has 0 N–H and O–H groups in total. The standard InChI is InChI=1S/2C24H25.2Bi/c2*1-15-10-17(3)23(18(4)11-15)21-8-7-9-22(14-21)24-19(5)12-16(2)13-20(24)6;;/h2*7-13H,1-6H3;;. The quantitative estimate of drug-likeness (QED) is 0.146.